The summed E-state index contributed by atoms with van der Waals surface area (Å²) in [4.78, 5) is 37.8. The molecular weight excluding hydrogens is 320 g/mol. The zero-order chi connectivity index (χ0) is 18.3. The SMILES string of the molecule is CCCOC(=O)c1cnc(CC(C)(O)C(=O)OCC)c([N+](=O)[O-])c1. The Bertz CT molecular complexity index is 628. The number of nitro groups is 1. The molecule has 24 heavy (non-hydrogen) atoms. The van der Waals surface area contributed by atoms with E-state index in [9.17, 15) is 24.8 Å². The highest BCUT2D eigenvalue weighted by Crippen LogP contribution is 2.23. The molecule has 0 aliphatic rings. The van der Waals surface area contributed by atoms with Crippen molar-refractivity contribution in [3.05, 3.63) is 33.6 Å². The number of nitrogens with zero attached hydrogens (tertiary/aromatic N) is 2. The summed E-state index contributed by atoms with van der Waals surface area (Å²) in [7, 11) is 0. The molecule has 1 aromatic rings. The van der Waals surface area contributed by atoms with E-state index < -0.39 is 34.6 Å². The number of carbonyl (C=O) groups is 2. The Morgan fingerprint density at radius 1 is 1.38 bits per heavy atom. The van der Waals surface area contributed by atoms with Crippen molar-refractivity contribution in [3.63, 3.8) is 0 Å². The van der Waals surface area contributed by atoms with E-state index in [0.717, 1.165) is 12.3 Å². The Hall–Kier alpha value is -2.55. The maximum absolute atomic E-state index is 11.8. The van der Waals surface area contributed by atoms with E-state index in [1.165, 1.54) is 6.92 Å². The maximum atomic E-state index is 11.8. The van der Waals surface area contributed by atoms with E-state index in [-0.39, 0.29) is 24.5 Å². The number of hydrogen-bond donors (Lipinski definition) is 1. The Morgan fingerprint density at radius 3 is 2.58 bits per heavy atom. The van der Waals surface area contributed by atoms with Gasteiger partial charge in [0.2, 0.25) is 0 Å². The molecule has 0 bridgehead atoms. The molecule has 0 spiro atoms. The van der Waals surface area contributed by atoms with Crippen molar-refractivity contribution in [1.29, 1.82) is 0 Å². The highest BCUT2D eigenvalue weighted by molar-refractivity contribution is 5.90. The van der Waals surface area contributed by atoms with Gasteiger partial charge in [-0.3, -0.25) is 15.1 Å². The van der Waals surface area contributed by atoms with Crippen molar-refractivity contribution in [2.45, 2.75) is 39.2 Å². The van der Waals surface area contributed by atoms with Crippen molar-refractivity contribution in [3.8, 4) is 0 Å². The first-order valence-electron chi connectivity index (χ1n) is 7.43. The summed E-state index contributed by atoms with van der Waals surface area (Å²) in [5, 5.41) is 21.3. The van der Waals surface area contributed by atoms with E-state index in [2.05, 4.69) is 4.98 Å². The van der Waals surface area contributed by atoms with E-state index in [4.69, 9.17) is 9.47 Å². The molecule has 0 amide bonds. The minimum absolute atomic E-state index is 0.0622. The summed E-state index contributed by atoms with van der Waals surface area (Å²) >= 11 is 0. The van der Waals surface area contributed by atoms with Crippen LogP contribution in [0.1, 0.15) is 43.2 Å². The summed E-state index contributed by atoms with van der Waals surface area (Å²) in [6.45, 7) is 4.82. The normalized spacial score (nSPS) is 13.0. The molecule has 0 fully saturated rings. The van der Waals surface area contributed by atoms with Crippen molar-refractivity contribution < 1.29 is 29.1 Å². The molecule has 0 saturated carbocycles. The van der Waals surface area contributed by atoms with Gasteiger partial charge in [0, 0.05) is 18.7 Å². The molecular formula is C15H20N2O7. The standard InChI is InChI=1S/C15H20N2O7/c1-4-6-24-13(18)10-7-12(17(21)22)11(16-9-10)8-15(3,20)14(19)23-5-2/h7,9,20H,4-6,8H2,1-3H3. The molecule has 1 N–H and O–H groups in total. The van der Waals surface area contributed by atoms with Gasteiger partial charge in [-0.2, -0.15) is 0 Å². The lowest BCUT2D eigenvalue weighted by atomic mass is 9.98. The van der Waals surface area contributed by atoms with Gasteiger partial charge in [-0.1, -0.05) is 6.92 Å². The van der Waals surface area contributed by atoms with Crippen LogP contribution in [0.5, 0.6) is 0 Å². The number of hydrogen-bond acceptors (Lipinski definition) is 8. The van der Waals surface area contributed by atoms with Crippen LogP contribution in [0.3, 0.4) is 0 Å². The quantitative estimate of drug-likeness (QED) is 0.427. The van der Waals surface area contributed by atoms with Crippen LogP contribution in [0.25, 0.3) is 0 Å². The predicted molar refractivity (Wildman–Crippen MR) is 82.4 cm³/mol. The molecule has 0 saturated heterocycles. The summed E-state index contributed by atoms with van der Waals surface area (Å²) in [6.07, 6.45) is 1.30. The van der Waals surface area contributed by atoms with Crippen molar-refractivity contribution in [2.75, 3.05) is 13.2 Å². The van der Waals surface area contributed by atoms with Crippen LogP contribution in [0.4, 0.5) is 5.69 Å². The monoisotopic (exact) mass is 340 g/mol. The summed E-state index contributed by atoms with van der Waals surface area (Å²) in [5.41, 5.74) is -2.66. The molecule has 1 unspecified atom stereocenters. The number of pyridine rings is 1. The summed E-state index contributed by atoms with van der Waals surface area (Å²) in [6, 6.07) is 1.02. The Morgan fingerprint density at radius 2 is 2.04 bits per heavy atom. The van der Waals surface area contributed by atoms with Gasteiger partial charge in [-0.15, -0.1) is 0 Å². The third-order valence-corrected chi connectivity index (χ3v) is 3.04. The molecule has 1 rings (SSSR count). The fourth-order valence-electron chi connectivity index (χ4n) is 1.85. The minimum atomic E-state index is -1.97. The van der Waals surface area contributed by atoms with Gasteiger partial charge in [0.15, 0.2) is 5.60 Å². The second-order valence-electron chi connectivity index (χ2n) is 5.25. The van der Waals surface area contributed by atoms with Crippen LogP contribution in [-0.4, -0.2) is 45.8 Å². The van der Waals surface area contributed by atoms with Gasteiger partial charge in [0.1, 0.15) is 5.69 Å². The zero-order valence-corrected chi connectivity index (χ0v) is 13.8. The number of carbonyl (C=O) groups excluding carboxylic acids is 2. The Kier molecular flexibility index (Phi) is 6.78. The van der Waals surface area contributed by atoms with Crippen LogP contribution in [0.2, 0.25) is 0 Å². The predicted octanol–water partition coefficient (Wildman–Crippen LogP) is 1.41. The van der Waals surface area contributed by atoms with Gasteiger partial charge < -0.3 is 14.6 Å². The van der Waals surface area contributed by atoms with Crippen LogP contribution in [0.15, 0.2) is 12.3 Å². The molecule has 0 radical (unpaired) electrons. The molecule has 9 heteroatoms. The van der Waals surface area contributed by atoms with Crippen LogP contribution < -0.4 is 0 Å². The third kappa shape index (κ3) is 4.98. The first-order valence-corrected chi connectivity index (χ1v) is 7.43. The molecule has 9 nitrogen and oxygen atoms in total. The number of esters is 2. The van der Waals surface area contributed by atoms with Crippen molar-refractivity contribution in [1.82, 2.24) is 4.98 Å². The summed E-state index contributed by atoms with van der Waals surface area (Å²) in [5.74, 6) is -1.64. The van der Waals surface area contributed by atoms with E-state index >= 15 is 0 Å². The van der Waals surface area contributed by atoms with E-state index in [0.29, 0.717) is 6.42 Å². The number of aliphatic hydroxyl groups is 1. The Balaban J connectivity index is 3.10. The molecule has 1 aromatic heterocycles. The van der Waals surface area contributed by atoms with Gasteiger partial charge >= 0.3 is 11.9 Å². The molecule has 0 aliphatic carbocycles. The molecule has 132 valence electrons. The molecule has 1 atom stereocenters. The second-order valence-corrected chi connectivity index (χ2v) is 5.25. The van der Waals surface area contributed by atoms with Gasteiger partial charge in [-0.25, -0.2) is 9.59 Å². The van der Waals surface area contributed by atoms with Gasteiger partial charge in [0.05, 0.1) is 23.7 Å². The number of ether oxygens (including phenoxy) is 2. The lowest BCUT2D eigenvalue weighted by molar-refractivity contribution is -0.386. The van der Waals surface area contributed by atoms with E-state index in [1.54, 1.807) is 6.92 Å². The smallest absolute Gasteiger partial charge is 0.339 e. The largest absolute Gasteiger partial charge is 0.464 e. The van der Waals surface area contributed by atoms with Crippen LogP contribution in [-0.2, 0) is 20.7 Å². The average molecular weight is 340 g/mol. The van der Waals surface area contributed by atoms with Crippen LogP contribution >= 0.6 is 0 Å². The van der Waals surface area contributed by atoms with Gasteiger partial charge in [-0.05, 0) is 20.3 Å². The lowest BCUT2D eigenvalue weighted by Gasteiger charge is -2.20. The topological polar surface area (TPSA) is 129 Å². The summed E-state index contributed by atoms with van der Waals surface area (Å²) < 4.78 is 9.62. The van der Waals surface area contributed by atoms with Crippen LogP contribution in [0, 0.1) is 10.1 Å². The maximum Gasteiger partial charge on any atom is 0.339 e. The van der Waals surface area contributed by atoms with Crippen molar-refractivity contribution in [2.24, 2.45) is 0 Å². The molecule has 0 aromatic carbocycles. The van der Waals surface area contributed by atoms with Gasteiger partial charge in [0.25, 0.3) is 5.69 Å². The zero-order valence-electron chi connectivity index (χ0n) is 13.8. The number of aromatic nitrogens is 1. The fourth-order valence-corrected chi connectivity index (χ4v) is 1.85. The third-order valence-electron chi connectivity index (χ3n) is 3.04. The minimum Gasteiger partial charge on any atom is -0.464 e. The molecule has 0 aliphatic heterocycles. The molecule has 1 heterocycles. The first kappa shape index (κ1) is 19.5. The lowest BCUT2D eigenvalue weighted by Crippen LogP contribution is -2.39. The Labute approximate surface area is 138 Å². The van der Waals surface area contributed by atoms with Crippen molar-refractivity contribution >= 4 is 17.6 Å². The second kappa shape index (κ2) is 8.34. The number of rotatable bonds is 8. The highest BCUT2D eigenvalue weighted by Gasteiger charge is 2.35. The first-order chi connectivity index (χ1) is 11.2. The fraction of sp³-hybridized carbons (Fsp3) is 0.533. The highest BCUT2D eigenvalue weighted by atomic mass is 16.6. The average Bonchev–Trinajstić information content (AvgIpc) is 2.52. The van der Waals surface area contributed by atoms with E-state index in [1.807, 2.05) is 6.92 Å².